The number of fused-ring (bicyclic) bond motifs is 1. The molecule has 0 fully saturated rings. The number of nitrogens with one attached hydrogen (secondary N) is 1. The molecular weight excluding hydrogens is 338 g/mol. The first-order valence-corrected chi connectivity index (χ1v) is 8.31. The lowest BCUT2D eigenvalue weighted by atomic mass is 10.2. The predicted octanol–water partition coefficient (Wildman–Crippen LogP) is 2.43. The van der Waals surface area contributed by atoms with Crippen LogP contribution in [0.15, 0.2) is 18.2 Å². The molecule has 0 saturated heterocycles. The summed E-state index contributed by atoms with van der Waals surface area (Å²) in [4.78, 5) is 23.8. The number of esters is 1. The average molecular weight is 359 g/mol. The Kier molecular flexibility index (Phi) is 5.11. The molecule has 26 heavy (non-hydrogen) atoms. The van der Waals surface area contributed by atoms with E-state index in [1.54, 1.807) is 22.9 Å². The van der Waals surface area contributed by atoms with E-state index < -0.39 is 0 Å². The lowest BCUT2D eigenvalue weighted by Gasteiger charge is -2.08. The first-order valence-electron chi connectivity index (χ1n) is 8.31. The van der Waals surface area contributed by atoms with Gasteiger partial charge in [-0.3, -0.25) is 14.3 Å². The summed E-state index contributed by atoms with van der Waals surface area (Å²) in [6.45, 7) is 4.45. The van der Waals surface area contributed by atoms with E-state index in [4.69, 9.17) is 9.47 Å². The highest BCUT2D eigenvalue weighted by Crippen LogP contribution is 2.33. The Hall–Kier alpha value is -3.03. The molecule has 0 atom stereocenters. The normalized spacial score (nSPS) is 12.1. The average Bonchev–Trinajstić information content (AvgIpc) is 3.20. The van der Waals surface area contributed by atoms with Gasteiger partial charge in [-0.15, -0.1) is 0 Å². The highest BCUT2D eigenvalue weighted by atomic mass is 16.7. The monoisotopic (exact) mass is 359 g/mol. The minimum Gasteiger partial charge on any atom is -0.469 e. The molecule has 0 saturated carbocycles. The van der Waals surface area contributed by atoms with Crippen LogP contribution < -0.4 is 14.8 Å². The standard InChI is InChI=1S/C18H21N3O5/c1-11-17(12(2)21(20-11)8-4-5-16(22)24-3)19-18(23)13-6-7-14-15(9-13)26-10-25-14/h6-7,9H,4-5,8,10H2,1-3H3,(H,19,23). The van der Waals surface area contributed by atoms with Gasteiger partial charge in [0.2, 0.25) is 6.79 Å². The molecule has 8 heteroatoms. The Morgan fingerprint density at radius 1 is 1.27 bits per heavy atom. The molecule has 1 N–H and O–H groups in total. The van der Waals surface area contributed by atoms with Crippen LogP contribution in [0.3, 0.4) is 0 Å². The van der Waals surface area contributed by atoms with Gasteiger partial charge in [0.25, 0.3) is 5.91 Å². The first kappa shape index (κ1) is 17.8. The first-order chi connectivity index (χ1) is 12.5. The zero-order valence-corrected chi connectivity index (χ0v) is 15.0. The zero-order chi connectivity index (χ0) is 18.7. The number of amides is 1. The third-order valence-corrected chi connectivity index (χ3v) is 4.23. The Morgan fingerprint density at radius 2 is 2.04 bits per heavy atom. The fourth-order valence-corrected chi connectivity index (χ4v) is 2.79. The summed E-state index contributed by atoms with van der Waals surface area (Å²) in [6.07, 6.45) is 0.942. The molecule has 1 aliphatic heterocycles. The Labute approximate surface area is 151 Å². The van der Waals surface area contributed by atoms with Crippen molar-refractivity contribution >= 4 is 17.6 Å². The minimum atomic E-state index is -0.247. The van der Waals surface area contributed by atoms with Crippen LogP contribution in [-0.4, -0.2) is 35.6 Å². The maximum absolute atomic E-state index is 12.6. The minimum absolute atomic E-state index is 0.164. The van der Waals surface area contributed by atoms with Crippen molar-refractivity contribution in [2.75, 3.05) is 19.2 Å². The van der Waals surface area contributed by atoms with Crippen molar-refractivity contribution in [3.05, 3.63) is 35.2 Å². The fourth-order valence-electron chi connectivity index (χ4n) is 2.79. The second kappa shape index (κ2) is 7.47. The van der Waals surface area contributed by atoms with E-state index in [1.807, 2.05) is 13.8 Å². The predicted molar refractivity (Wildman–Crippen MR) is 93.5 cm³/mol. The summed E-state index contributed by atoms with van der Waals surface area (Å²) >= 11 is 0. The van der Waals surface area contributed by atoms with Gasteiger partial charge in [0.15, 0.2) is 11.5 Å². The smallest absolute Gasteiger partial charge is 0.305 e. The van der Waals surface area contributed by atoms with E-state index in [0.29, 0.717) is 42.1 Å². The number of hydrogen-bond donors (Lipinski definition) is 1. The molecule has 8 nitrogen and oxygen atoms in total. The largest absolute Gasteiger partial charge is 0.469 e. The maximum Gasteiger partial charge on any atom is 0.305 e. The lowest BCUT2D eigenvalue weighted by Crippen LogP contribution is -2.13. The van der Waals surface area contributed by atoms with E-state index in [0.717, 1.165) is 11.4 Å². The van der Waals surface area contributed by atoms with E-state index in [1.165, 1.54) is 7.11 Å². The number of hydrogen-bond acceptors (Lipinski definition) is 6. The number of carbonyl (C=O) groups excluding carboxylic acids is 2. The second-order valence-corrected chi connectivity index (χ2v) is 5.97. The van der Waals surface area contributed by atoms with Gasteiger partial charge >= 0.3 is 5.97 Å². The van der Waals surface area contributed by atoms with Gasteiger partial charge in [0.1, 0.15) is 0 Å². The summed E-state index contributed by atoms with van der Waals surface area (Å²) in [6, 6.07) is 5.06. The van der Waals surface area contributed by atoms with Crippen LogP contribution in [0, 0.1) is 13.8 Å². The molecule has 3 rings (SSSR count). The molecule has 1 aromatic heterocycles. The van der Waals surface area contributed by atoms with E-state index >= 15 is 0 Å². The third-order valence-electron chi connectivity index (χ3n) is 4.23. The number of nitrogens with zero attached hydrogens (tertiary/aromatic N) is 2. The Bertz CT molecular complexity index is 844. The van der Waals surface area contributed by atoms with Crippen LogP contribution in [0.1, 0.15) is 34.6 Å². The molecule has 0 radical (unpaired) electrons. The van der Waals surface area contributed by atoms with Gasteiger partial charge in [0, 0.05) is 18.5 Å². The summed E-state index contributed by atoms with van der Waals surface area (Å²) in [5.41, 5.74) is 2.70. The van der Waals surface area contributed by atoms with Crippen LogP contribution in [0.2, 0.25) is 0 Å². The summed E-state index contributed by atoms with van der Waals surface area (Å²) < 4.78 is 17.0. The summed E-state index contributed by atoms with van der Waals surface area (Å²) in [5, 5.41) is 7.35. The van der Waals surface area contributed by atoms with Crippen molar-refractivity contribution in [3.8, 4) is 11.5 Å². The van der Waals surface area contributed by atoms with Crippen LogP contribution in [0.25, 0.3) is 0 Å². The van der Waals surface area contributed by atoms with Crippen molar-refractivity contribution in [1.82, 2.24) is 9.78 Å². The molecule has 1 aliphatic rings. The molecule has 1 amide bonds. The number of anilines is 1. The fraction of sp³-hybridized carbons (Fsp3) is 0.389. The van der Waals surface area contributed by atoms with Crippen molar-refractivity contribution in [2.45, 2.75) is 33.2 Å². The van der Waals surface area contributed by atoms with Crippen molar-refractivity contribution in [1.29, 1.82) is 0 Å². The number of carbonyl (C=O) groups is 2. The topological polar surface area (TPSA) is 91.7 Å². The summed E-state index contributed by atoms with van der Waals surface area (Å²) in [5.74, 6) is 0.698. The molecule has 2 heterocycles. The summed E-state index contributed by atoms with van der Waals surface area (Å²) in [7, 11) is 1.37. The second-order valence-electron chi connectivity index (χ2n) is 5.97. The van der Waals surface area contributed by atoms with Crippen molar-refractivity contribution < 1.29 is 23.8 Å². The number of benzene rings is 1. The van der Waals surface area contributed by atoms with Gasteiger partial charge in [-0.2, -0.15) is 5.10 Å². The molecule has 138 valence electrons. The number of aromatic nitrogens is 2. The van der Waals surface area contributed by atoms with Crippen LogP contribution in [-0.2, 0) is 16.1 Å². The van der Waals surface area contributed by atoms with E-state index in [-0.39, 0.29) is 18.7 Å². The molecule has 0 aliphatic carbocycles. The number of ether oxygens (including phenoxy) is 3. The van der Waals surface area contributed by atoms with Crippen molar-refractivity contribution in [3.63, 3.8) is 0 Å². The van der Waals surface area contributed by atoms with Crippen LogP contribution in [0.5, 0.6) is 11.5 Å². The van der Waals surface area contributed by atoms with Crippen molar-refractivity contribution in [2.24, 2.45) is 0 Å². The highest BCUT2D eigenvalue weighted by Gasteiger charge is 2.19. The van der Waals surface area contributed by atoms with Crippen LogP contribution >= 0.6 is 0 Å². The number of methoxy groups -OCH3 is 1. The Balaban J connectivity index is 1.69. The van der Waals surface area contributed by atoms with Gasteiger partial charge < -0.3 is 19.5 Å². The van der Waals surface area contributed by atoms with E-state index in [2.05, 4.69) is 15.2 Å². The third kappa shape index (κ3) is 3.63. The zero-order valence-electron chi connectivity index (χ0n) is 15.0. The lowest BCUT2D eigenvalue weighted by molar-refractivity contribution is -0.140. The van der Waals surface area contributed by atoms with Gasteiger partial charge in [-0.1, -0.05) is 0 Å². The SMILES string of the molecule is COC(=O)CCCn1nc(C)c(NC(=O)c2ccc3c(c2)OCO3)c1C. The number of aryl methyl sites for hydroxylation is 2. The number of rotatable bonds is 6. The van der Waals surface area contributed by atoms with Crippen LogP contribution in [0.4, 0.5) is 5.69 Å². The van der Waals surface area contributed by atoms with E-state index in [9.17, 15) is 9.59 Å². The quantitative estimate of drug-likeness (QED) is 0.797. The molecule has 2 aromatic rings. The highest BCUT2D eigenvalue weighted by molar-refractivity contribution is 6.05. The molecule has 0 bridgehead atoms. The molecule has 0 spiro atoms. The molecular formula is C18H21N3O5. The molecule has 1 aromatic carbocycles. The van der Waals surface area contributed by atoms with Gasteiger partial charge in [-0.25, -0.2) is 0 Å². The Morgan fingerprint density at radius 3 is 2.81 bits per heavy atom. The maximum atomic E-state index is 12.6. The van der Waals surface area contributed by atoms with Gasteiger partial charge in [-0.05, 0) is 38.5 Å². The molecule has 0 unspecified atom stereocenters. The van der Waals surface area contributed by atoms with Gasteiger partial charge in [0.05, 0.1) is 24.2 Å².